The number of amides is 1. The average Bonchev–Trinajstić information content (AvgIpc) is 3.33. The number of carbonyl (C=O) groups is 1. The minimum absolute atomic E-state index is 0.0579. The van der Waals surface area contributed by atoms with Gasteiger partial charge in [-0.05, 0) is 31.9 Å². The zero-order chi connectivity index (χ0) is 17.2. The van der Waals surface area contributed by atoms with Crippen molar-refractivity contribution >= 4 is 22.6 Å². The maximum Gasteiger partial charge on any atom is 0.243 e. The number of hydrogen-bond acceptors (Lipinski definition) is 7. The second-order valence-electron chi connectivity index (χ2n) is 6.09. The van der Waals surface area contributed by atoms with E-state index in [9.17, 15) is 4.79 Å². The summed E-state index contributed by atoms with van der Waals surface area (Å²) in [5, 5.41) is 7.70. The van der Waals surface area contributed by atoms with Gasteiger partial charge in [0.05, 0.1) is 11.6 Å². The highest BCUT2D eigenvalue weighted by Gasteiger charge is 2.33. The fourth-order valence-electron chi connectivity index (χ4n) is 3.26. The summed E-state index contributed by atoms with van der Waals surface area (Å²) < 4.78 is 4.74. The molecule has 2 aromatic heterocycles. The molecular formula is C17H18N6O2. The van der Waals surface area contributed by atoms with Gasteiger partial charge in [0.15, 0.2) is 5.82 Å². The van der Waals surface area contributed by atoms with Crippen molar-refractivity contribution in [2.75, 3.05) is 11.4 Å². The van der Waals surface area contributed by atoms with Crippen molar-refractivity contribution in [2.24, 2.45) is 0 Å². The molecule has 3 heterocycles. The van der Waals surface area contributed by atoms with E-state index in [-0.39, 0.29) is 18.0 Å². The number of carbonyl (C=O) groups excluding carboxylic acids is 1. The molecule has 2 atom stereocenters. The number of aromatic nitrogens is 4. The van der Waals surface area contributed by atoms with Crippen molar-refractivity contribution in [2.45, 2.75) is 31.8 Å². The Morgan fingerprint density at radius 1 is 1.32 bits per heavy atom. The number of nitrogens with zero attached hydrogens (tertiary/aromatic N) is 5. The van der Waals surface area contributed by atoms with Gasteiger partial charge in [0, 0.05) is 11.9 Å². The minimum Gasteiger partial charge on any atom is -0.344 e. The van der Waals surface area contributed by atoms with E-state index in [1.54, 1.807) is 6.33 Å². The van der Waals surface area contributed by atoms with Crippen LogP contribution in [0.1, 0.15) is 31.6 Å². The zero-order valence-electron chi connectivity index (χ0n) is 13.8. The summed E-state index contributed by atoms with van der Waals surface area (Å²) >= 11 is 0. The van der Waals surface area contributed by atoms with Crippen molar-refractivity contribution in [3.8, 4) is 0 Å². The SMILES string of the molecule is CC(NC(=O)C1CCCN1c1ncnc2ccccc12)c1ncon1. The third-order valence-electron chi connectivity index (χ3n) is 4.47. The standard InChI is InChI=1S/C17H18N6O2/c1-11(15-20-10-25-22-15)21-17(24)14-7-4-8-23(14)16-12-5-2-3-6-13(12)18-9-19-16/h2-3,5-6,9-11,14H,4,7-8H2,1H3,(H,21,24). The van der Waals surface area contributed by atoms with Crippen LogP contribution >= 0.6 is 0 Å². The average molecular weight is 338 g/mol. The lowest BCUT2D eigenvalue weighted by Crippen LogP contribution is -2.44. The highest BCUT2D eigenvalue weighted by Crippen LogP contribution is 2.29. The van der Waals surface area contributed by atoms with Crippen molar-refractivity contribution < 1.29 is 9.32 Å². The number of para-hydroxylation sites is 1. The van der Waals surface area contributed by atoms with E-state index >= 15 is 0 Å². The van der Waals surface area contributed by atoms with Crippen molar-refractivity contribution in [1.29, 1.82) is 0 Å². The lowest BCUT2D eigenvalue weighted by Gasteiger charge is -2.26. The van der Waals surface area contributed by atoms with Gasteiger partial charge in [0.1, 0.15) is 18.2 Å². The first-order chi connectivity index (χ1) is 12.2. The predicted molar refractivity (Wildman–Crippen MR) is 90.8 cm³/mol. The lowest BCUT2D eigenvalue weighted by atomic mass is 10.1. The summed E-state index contributed by atoms with van der Waals surface area (Å²) in [5.41, 5.74) is 0.874. The molecule has 1 fully saturated rings. The Hall–Kier alpha value is -3.03. The van der Waals surface area contributed by atoms with Gasteiger partial charge in [-0.25, -0.2) is 9.97 Å². The van der Waals surface area contributed by atoms with Crippen molar-refractivity contribution in [1.82, 2.24) is 25.4 Å². The van der Waals surface area contributed by atoms with E-state index in [1.807, 2.05) is 31.2 Å². The van der Waals surface area contributed by atoms with Crippen LogP contribution in [-0.2, 0) is 4.79 Å². The summed E-state index contributed by atoms with van der Waals surface area (Å²) in [4.78, 5) is 27.6. The van der Waals surface area contributed by atoms with E-state index in [0.29, 0.717) is 5.82 Å². The molecule has 1 amide bonds. The summed E-state index contributed by atoms with van der Waals surface area (Å²) in [7, 11) is 0. The fraction of sp³-hybridized carbons (Fsp3) is 0.353. The monoisotopic (exact) mass is 338 g/mol. The van der Waals surface area contributed by atoms with Gasteiger partial charge in [-0.15, -0.1) is 0 Å². The second kappa shape index (κ2) is 6.46. The number of nitrogens with one attached hydrogen (secondary N) is 1. The van der Waals surface area contributed by atoms with Crippen LogP contribution in [0.2, 0.25) is 0 Å². The highest BCUT2D eigenvalue weighted by atomic mass is 16.5. The maximum absolute atomic E-state index is 12.8. The number of fused-ring (bicyclic) bond motifs is 1. The topological polar surface area (TPSA) is 97.0 Å². The van der Waals surface area contributed by atoms with Crippen molar-refractivity contribution in [3.63, 3.8) is 0 Å². The van der Waals surface area contributed by atoms with Gasteiger partial charge < -0.3 is 14.7 Å². The molecule has 8 nitrogen and oxygen atoms in total. The van der Waals surface area contributed by atoms with Crippen LogP contribution in [-0.4, -0.2) is 38.6 Å². The van der Waals surface area contributed by atoms with Gasteiger partial charge in [-0.3, -0.25) is 4.79 Å². The molecule has 25 heavy (non-hydrogen) atoms. The van der Waals surface area contributed by atoms with E-state index in [1.165, 1.54) is 6.39 Å². The van der Waals surface area contributed by atoms with Gasteiger partial charge in [-0.2, -0.15) is 4.98 Å². The molecule has 1 N–H and O–H groups in total. The normalized spacial score (nSPS) is 18.4. The Balaban J connectivity index is 1.58. The van der Waals surface area contributed by atoms with Crippen LogP contribution in [0.15, 0.2) is 41.5 Å². The molecular weight excluding hydrogens is 320 g/mol. The van der Waals surface area contributed by atoms with E-state index in [4.69, 9.17) is 4.52 Å². The fourth-order valence-corrected chi connectivity index (χ4v) is 3.26. The van der Waals surface area contributed by atoms with Crippen LogP contribution in [0.5, 0.6) is 0 Å². The lowest BCUT2D eigenvalue weighted by molar-refractivity contribution is -0.122. The molecule has 3 aromatic rings. The molecule has 0 radical (unpaired) electrons. The van der Waals surface area contributed by atoms with Gasteiger partial charge in [0.25, 0.3) is 0 Å². The van der Waals surface area contributed by atoms with Crippen LogP contribution in [0.25, 0.3) is 10.9 Å². The largest absolute Gasteiger partial charge is 0.344 e. The van der Waals surface area contributed by atoms with E-state index < -0.39 is 0 Å². The summed E-state index contributed by atoms with van der Waals surface area (Å²) in [6.07, 6.45) is 4.52. The third kappa shape index (κ3) is 2.90. The van der Waals surface area contributed by atoms with Crippen molar-refractivity contribution in [3.05, 3.63) is 42.8 Å². The predicted octanol–water partition coefficient (Wildman–Crippen LogP) is 1.86. The Morgan fingerprint density at radius 3 is 3.04 bits per heavy atom. The maximum atomic E-state index is 12.8. The van der Waals surface area contributed by atoms with Gasteiger partial charge in [0.2, 0.25) is 12.3 Å². The molecule has 128 valence electrons. The van der Waals surface area contributed by atoms with E-state index in [2.05, 4.69) is 30.3 Å². The molecule has 0 spiro atoms. The zero-order valence-corrected chi connectivity index (χ0v) is 13.8. The molecule has 0 bridgehead atoms. The van der Waals surface area contributed by atoms with E-state index in [0.717, 1.165) is 36.1 Å². The molecule has 1 aliphatic heterocycles. The number of hydrogen-bond donors (Lipinski definition) is 1. The summed E-state index contributed by atoms with van der Waals surface area (Å²) in [6.45, 7) is 2.62. The molecule has 8 heteroatoms. The summed E-state index contributed by atoms with van der Waals surface area (Å²) in [6, 6.07) is 7.26. The molecule has 0 aliphatic carbocycles. The third-order valence-corrected chi connectivity index (χ3v) is 4.47. The minimum atomic E-state index is -0.309. The highest BCUT2D eigenvalue weighted by molar-refractivity contribution is 5.93. The Bertz CT molecular complexity index is 876. The van der Waals surface area contributed by atoms with Gasteiger partial charge >= 0.3 is 0 Å². The number of rotatable bonds is 4. The van der Waals surface area contributed by atoms with Gasteiger partial charge in [-0.1, -0.05) is 17.3 Å². The van der Waals surface area contributed by atoms with Crippen LogP contribution in [0.3, 0.4) is 0 Å². The first kappa shape index (κ1) is 15.5. The Labute approximate surface area is 144 Å². The second-order valence-corrected chi connectivity index (χ2v) is 6.09. The molecule has 4 rings (SSSR count). The van der Waals surface area contributed by atoms with Crippen LogP contribution in [0.4, 0.5) is 5.82 Å². The Morgan fingerprint density at radius 2 is 2.20 bits per heavy atom. The molecule has 1 aromatic carbocycles. The Kier molecular flexibility index (Phi) is 4.01. The smallest absolute Gasteiger partial charge is 0.243 e. The molecule has 0 saturated carbocycles. The molecule has 1 saturated heterocycles. The first-order valence-corrected chi connectivity index (χ1v) is 8.27. The molecule has 2 unspecified atom stereocenters. The molecule has 1 aliphatic rings. The first-order valence-electron chi connectivity index (χ1n) is 8.27. The quantitative estimate of drug-likeness (QED) is 0.775. The van der Waals surface area contributed by atoms with Crippen LogP contribution in [0, 0.1) is 0 Å². The number of benzene rings is 1. The summed E-state index contributed by atoms with van der Waals surface area (Å²) in [5.74, 6) is 1.21. The number of anilines is 1. The van der Waals surface area contributed by atoms with Crippen LogP contribution < -0.4 is 10.2 Å².